The van der Waals surface area contributed by atoms with Gasteiger partial charge >= 0.3 is 0 Å². The van der Waals surface area contributed by atoms with E-state index in [4.69, 9.17) is 10.1 Å². The number of fused-ring (bicyclic) bond motifs is 2. The number of carbonyl (C=O) groups is 1. The van der Waals surface area contributed by atoms with Gasteiger partial charge in [0.25, 0.3) is 5.91 Å². The summed E-state index contributed by atoms with van der Waals surface area (Å²) in [5.74, 6) is 0.515. The number of carbonyl (C=O) groups excluding carboxylic acids is 1. The number of aromatic nitrogens is 1. The zero-order chi connectivity index (χ0) is 25.6. The van der Waals surface area contributed by atoms with Gasteiger partial charge in [0.15, 0.2) is 5.84 Å². The van der Waals surface area contributed by atoms with Gasteiger partial charge in [-0.2, -0.15) is 15.1 Å². The Morgan fingerprint density at radius 2 is 1.81 bits per heavy atom. The molecule has 2 aliphatic heterocycles. The third kappa shape index (κ3) is 5.69. The number of para-hydroxylation sites is 2. The van der Waals surface area contributed by atoms with E-state index in [0.29, 0.717) is 18.3 Å². The molecule has 1 amide bonds. The molecule has 0 atom stereocenters. The molecule has 0 radical (unpaired) electrons. The second-order valence-corrected chi connectivity index (χ2v) is 10.2. The first-order chi connectivity index (χ1) is 18.1. The summed E-state index contributed by atoms with van der Waals surface area (Å²) >= 11 is 1.41. The molecule has 0 spiro atoms. The molecule has 1 aromatic heterocycles. The maximum Gasteiger partial charge on any atom is 0.283 e. The summed E-state index contributed by atoms with van der Waals surface area (Å²) in [7, 11) is 0. The number of hydrogen-bond donors (Lipinski definition) is 1. The maximum absolute atomic E-state index is 12.9. The number of hydrogen-bond acceptors (Lipinski definition) is 5. The number of unbranched alkanes of at least 4 members (excludes halogenated alkanes) is 4. The van der Waals surface area contributed by atoms with Gasteiger partial charge < -0.3 is 9.30 Å². The van der Waals surface area contributed by atoms with Crippen molar-refractivity contribution in [2.75, 3.05) is 6.61 Å². The molecule has 0 saturated carbocycles. The highest BCUT2D eigenvalue weighted by Crippen LogP contribution is 2.31. The third-order valence-electron chi connectivity index (χ3n) is 6.45. The molecular formula is C29H31N5O2S. The van der Waals surface area contributed by atoms with Crippen molar-refractivity contribution in [2.24, 2.45) is 10.1 Å². The highest BCUT2D eigenvalue weighted by atomic mass is 32.2. The van der Waals surface area contributed by atoms with E-state index in [1.54, 1.807) is 6.08 Å². The van der Waals surface area contributed by atoms with E-state index in [2.05, 4.69) is 27.7 Å². The molecule has 0 bridgehead atoms. The van der Waals surface area contributed by atoms with Crippen molar-refractivity contribution in [3.8, 4) is 5.75 Å². The number of rotatable bonds is 11. The smallest absolute Gasteiger partial charge is 0.283 e. The van der Waals surface area contributed by atoms with Gasteiger partial charge in [-0.1, -0.05) is 69.0 Å². The summed E-state index contributed by atoms with van der Waals surface area (Å²) in [4.78, 5) is 17.2. The molecule has 3 heterocycles. The first-order valence-electron chi connectivity index (χ1n) is 12.9. The van der Waals surface area contributed by atoms with E-state index in [1.807, 2.05) is 54.7 Å². The van der Waals surface area contributed by atoms with E-state index >= 15 is 0 Å². The molecule has 0 aliphatic carbocycles. The predicted molar refractivity (Wildman–Crippen MR) is 152 cm³/mol. The fraction of sp³-hybridized carbons (Fsp3) is 0.310. The molecule has 2 aliphatic rings. The van der Waals surface area contributed by atoms with E-state index in [0.717, 1.165) is 40.1 Å². The van der Waals surface area contributed by atoms with Crippen molar-refractivity contribution in [3.05, 3.63) is 71.9 Å². The molecule has 0 fully saturated rings. The molecule has 5 rings (SSSR count). The average molecular weight is 514 g/mol. The fourth-order valence-corrected chi connectivity index (χ4v) is 5.45. The minimum absolute atomic E-state index is 0.0766. The first kappa shape index (κ1) is 25.0. The minimum atomic E-state index is -0.396. The van der Waals surface area contributed by atoms with Crippen molar-refractivity contribution in [1.82, 2.24) is 9.58 Å². The third-order valence-corrected chi connectivity index (χ3v) is 7.42. The van der Waals surface area contributed by atoms with Gasteiger partial charge in [0.05, 0.1) is 12.1 Å². The molecule has 0 saturated heterocycles. The Labute approximate surface area is 221 Å². The Hall–Kier alpha value is -3.65. The van der Waals surface area contributed by atoms with E-state index in [9.17, 15) is 4.79 Å². The summed E-state index contributed by atoms with van der Waals surface area (Å²) in [5, 5.41) is 17.3. The van der Waals surface area contributed by atoms with Crippen LogP contribution in [-0.2, 0) is 11.3 Å². The van der Waals surface area contributed by atoms with Crippen LogP contribution in [0.25, 0.3) is 17.0 Å². The van der Waals surface area contributed by atoms with Crippen LogP contribution in [0.15, 0.2) is 76.5 Å². The Balaban J connectivity index is 1.33. The Kier molecular flexibility index (Phi) is 7.84. The monoisotopic (exact) mass is 513 g/mol. The van der Waals surface area contributed by atoms with Crippen molar-refractivity contribution < 1.29 is 9.53 Å². The van der Waals surface area contributed by atoms with Crippen LogP contribution in [0.4, 0.5) is 0 Å². The van der Waals surface area contributed by atoms with Gasteiger partial charge in [0.1, 0.15) is 17.4 Å². The lowest BCUT2D eigenvalue weighted by Crippen LogP contribution is -2.35. The lowest BCUT2D eigenvalue weighted by Gasteiger charge is -2.20. The van der Waals surface area contributed by atoms with Crippen molar-refractivity contribution >= 4 is 50.7 Å². The highest BCUT2D eigenvalue weighted by Gasteiger charge is 2.35. The molecule has 1 N–H and O–H groups in total. The Morgan fingerprint density at radius 3 is 2.65 bits per heavy atom. The summed E-state index contributed by atoms with van der Waals surface area (Å²) in [6.07, 6.45) is 10.6. The highest BCUT2D eigenvalue weighted by molar-refractivity contribution is 8.26. The van der Waals surface area contributed by atoms with Gasteiger partial charge in [-0.3, -0.25) is 10.2 Å². The lowest BCUT2D eigenvalue weighted by atomic mass is 10.1. The Bertz CT molecular complexity index is 1390. The lowest BCUT2D eigenvalue weighted by molar-refractivity contribution is -0.114. The number of ether oxygens (including phenoxy) is 1. The van der Waals surface area contributed by atoms with Gasteiger partial charge in [-0.25, -0.2) is 0 Å². The molecule has 8 heteroatoms. The van der Waals surface area contributed by atoms with Gasteiger partial charge in [0, 0.05) is 22.7 Å². The predicted octanol–water partition coefficient (Wildman–Crippen LogP) is 6.70. The summed E-state index contributed by atoms with van der Waals surface area (Å²) < 4.78 is 8.01. The van der Waals surface area contributed by atoms with Crippen LogP contribution in [-0.4, -0.2) is 38.1 Å². The number of thioether (sulfide) groups is 1. The topological polar surface area (TPSA) is 83.0 Å². The van der Waals surface area contributed by atoms with Crippen molar-refractivity contribution in [1.29, 1.82) is 5.41 Å². The number of aliphatic imine (C=N–C) groups is 1. The number of nitrogens with zero attached hydrogens (tertiary/aromatic N) is 4. The van der Waals surface area contributed by atoms with Gasteiger partial charge in [-0.15, -0.1) is 0 Å². The number of benzene rings is 2. The van der Waals surface area contributed by atoms with Crippen LogP contribution in [0.1, 0.15) is 51.0 Å². The standard InChI is InChI=1S/C29H31N5O2S/c1-2-3-4-5-9-16-26-32-34-27(30)24(28(35)31-29(34)37-26)19-21-20-33(25-15-11-10-14-23(21)25)17-18-36-22-12-7-6-8-13-22/h6-8,10-15,19-20,30H,2-5,9,16-18H2,1H3/b24-19+,30-27?. The number of amidine groups is 2. The zero-order valence-corrected chi connectivity index (χ0v) is 21.8. The van der Waals surface area contributed by atoms with Crippen LogP contribution < -0.4 is 4.74 Å². The summed E-state index contributed by atoms with van der Waals surface area (Å²) in [6, 6.07) is 17.8. The van der Waals surface area contributed by atoms with Crippen molar-refractivity contribution in [2.45, 2.75) is 52.0 Å². The summed E-state index contributed by atoms with van der Waals surface area (Å²) in [5.41, 5.74) is 2.17. The number of nitrogens with one attached hydrogen (secondary N) is 1. The maximum atomic E-state index is 12.9. The van der Waals surface area contributed by atoms with E-state index in [1.165, 1.54) is 42.5 Å². The first-order valence-corrected chi connectivity index (χ1v) is 13.7. The molecular weight excluding hydrogens is 482 g/mol. The van der Waals surface area contributed by atoms with Gasteiger partial charge in [-0.05, 0) is 48.9 Å². The molecule has 2 aromatic carbocycles. The van der Waals surface area contributed by atoms with E-state index < -0.39 is 5.91 Å². The number of amides is 1. The van der Waals surface area contributed by atoms with Crippen LogP contribution in [0, 0.1) is 5.41 Å². The molecule has 7 nitrogen and oxygen atoms in total. The van der Waals surface area contributed by atoms with Gasteiger partial charge in [0.2, 0.25) is 5.17 Å². The molecule has 190 valence electrons. The second-order valence-electron chi connectivity index (χ2n) is 9.13. The normalized spacial score (nSPS) is 16.4. The fourth-order valence-electron chi connectivity index (χ4n) is 4.52. The average Bonchev–Trinajstić information content (AvgIpc) is 3.48. The van der Waals surface area contributed by atoms with Crippen molar-refractivity contribution in [3.63, 3.8) is 0 Å². The second kappa shape index (κ2) is 11.6. The number of hydrazone groups is 1. The Morgan fingerprint density at radius 1 is 1.03 bits per heavy atom. The van der Waals surface area contributed by atoms with Crippen LogP contribution in [0.3, 0.4) is 0 Å². The van der Waals surface area contributed by atoms with Crippen LogP contribution >= 0.6 is 11.8 Å². The molecule has 3 aromatic rings. The largest absolute Gasteiger partial charge is 0.492 e. The molecule has 0 unspecified atom stereocenters. The SMILES string of the molecule is CCCCCCCC1=NN2C(=N)/C(=C\c3cn(CCOc4ccccc4)c4ccccc34)C(=O)N=C2S1. The zero-order valence-electron chi connectivity index (χ0n) is 21.0. The minimum Gasteiger partial charge on any atom is -0.492 e. The summed E-state index contributed by atoms with van der Waals surface area (Å²) in [6.45, 7) is 3.38. The van der Waals surface area contributed by atoms with Crippen LogP contribution in [0.5, 0.6) is 5.75 Å². The van der Waals surface area contributed by atoms with Crippen LogP contribution in [0.2, 0.25) is 0 Å². The quantitative estimate of drug-likeness (QED) is 0.228. The molecule has 37 heavy (non-hydrogen) atoms. The van der Waals surface area contributed by atoms with E-state index in [-0.39, 0.29) is 11.4 Å².